The number of carbonyl (C=O) groups excluding carboxylic acids is 6. The van der Waals surface area contributed by atoms with Crippen LogP contribution in [0.3, 0.4) is 0 Å². The summed E-state index contributed by atoms with van der Waals surface area (Å²) in [6.07, 6.45) is 0.765. The van der Waals surface area contributed by atoms with E-state index in [4.69, 9.17) is 22.1 Å². The molecule has 0 bridgehead atoms. The highest BCUT2D eigenvalue weighted by Crippen LogP contribution is 2.31. The molecule has 4 rings (SSSR count). The van der Waals surface area contributed by atoms with Gasteiger partial charge in [0.15, 0.2) is 0 Å². The third-order valence-electron chi connectivity index (χ3n) is 10.4. The van der Waals surface area contributed by atoms with E-state index in [0.29, 0.717) is 36.4 Å². The zero-order valence-electron chi connectivity index (χ0n) is 36.9. The van der Waals surface area contributed by atoms with Gasteiger partial charge in [0.1, 0.15) is 23.7 Å². The first-order valence-corrected chi connectivity index (χ1v) is 22.2. The Morgan fingerprint density at radius 3 is 2.27 bits per heavy atom. The second-order valence-electron chi connectivity index (χ2n) is 17.9. The highest BCUT2D eigenvalue weighted by Gasteiger charge is 2.44. The lowest BCUT2D eigenvalue weighted by molar-refractivity contribution is -0.144. The van der Waals surface area contributed by atoms with Gasteiger partial charge in [0.25, 0.3) is 0 Å². The van der Waals surface area contributed by atoms with E-state index in [1.54, 1.807) is 49.8 Å². The molecule has 0 spiro atoms. The minimum atomic E-state index is -1.11. The first kappa shape index (κ1) is 49.6. The predicted molar refractivity (Wildman–Crippen MR) is 240 cm³/mol. The first-order chi connectivity index (χ1) is 29.0. The third-order valence-corrected chi connectivity index (χ3v) is 11.9. The number of unbranched alkanes of at least 4 members (excludes halogenated alkanes) is 2. The van der Waals surface area contributed by atoms with Gasteiger partial charge in [0.05, 0.1) is 38.9 Å². The van der Waals surface area contributed by atoms with E-state index < -0.39 is 59.1 Å². The maximum absolute atomic E-state index is 14.1. The zero-order chi connectivity index (χ0) is 45.9. The average molecular weight is 897 g/mol. The normalized spacial score (nSPS) is 16.8. The van der Waals surface area contributed by atoms with E-state index in [2.05, 4.69) is 26.3 Å². The Morgan fingerprint density at radius 2 is 1.66 bits per heavy atom. The molecule has 15 nitrogen and oxygen atoms in total. The number of halogens is 1. The number of nitrogens with one attached hydrogen (secondary N) is 4. The number of rotatable bonds is 18. The van der Waals surface area contributed by atoms with Gasteiger partial charge in [-0.3, -0.25) is 24.0 Å². The number of aliphatic hydroxyl groups excluding tert-OH is 1. The van der Waals surface area contributed by atoms with E-state index >= 15 is 0 Å². The van der Waals surface area contributed by atoms with Crippen molar-refractivity contribution in [2.24, 2.45) is 11.1 Å². The number of hydrogen-bond acceptors (Lipinski definition) is 10. The Balaban J connectivity index is 1.29. The van der Waals surface area contributed by atoms with Gasteiger partial charge in [-0.15, -0.1) is 11.3 Å². The van der Waals surface area contributed by atoms with Gasteiger partial charge < -0.3 is 41.7 Å². The molecule has 1 aliphatic rings. The number of ether oxygens (including phenoxy) is 1. The molecule has 0 aliphatic carbocycles. The smallest absolute Gasteiger partial charge is 0.408 e. The first-order valence-electron chi connectivity index (χ1n) is 21.0. The molecule has 2 aromatic carbocycles. The van der Waals surface area contributed by atoms with Crippen molar-refractivity contribution in [1.29, 1.82) is 0 Å². The molecule has 1 fully saturated rings. The number of β-amino-alcohol motifs (C(OH)–C–C–N with tert-alkyl or cyclic N) is 1. The second kappa shape index (κ2) is 21.8. The average Bonchev–Trinajstić information content (AvgIpc) is 3.80. The lowest BCUT2D eigenvalue weighted by Crippen LogP contribution is -2.57. The molecule has 6 amide bonds. The molecule has 3 aromatic rings. The number of carbonyl (C=O) groups is 6. The van der Waals surface area contributed by atoms with Gasteiger partial charge in [0.2, 0.25) is 29.5 Å². The van der Waals surface area contributed by atoms with Crippen molar-refractivity contribution in [1.82, 2.24) is 25.8 Å². The number of alkyl carbamates (subject to hydrolysis) is 1. The molecule has 3 unspecified atom stereocenters. The summed E-state index contributed by atoms with van der Waals surface area (Å²) >= 11 is 8.26. The number of aliphatic hydroxyl groups is 1. The van der Waals surface area contributed by atoms with Crippen molar-refractivity contribution in [2.45, 2.75) is 143 Å². The van der Waals surface area contributed by atoms with Gasteiger partial charge in [-0.25, -0.2) is 9.78 Å². The van der Waals surface area contributed by atoms with Gasteiger partial charge in [-0.2, -0.15) is 0 Å². The van der Waals surface area contributed by atoms with E-state index in [1.807, 2.05) is 65.0 Å². The Kier molecular flexibility index (Phi) is 17.5. The Labute approximate surface area is 373 Å². The summed E-state index contributed by atoms with van der Waals surface area (Å²) < 4.78 is 5.27. The summed E-state index contributed by atoms with van der Waals surface area (Å²) in [5.74, 6) is -2.34. The van der Waals surface area contributed by atoms with Crippen LogP contribution in [0, 0.1) is 12.3 Å². The molecule has 7 N–H and O–H groups in total. The molecule has 0 radical (unpaired) electrons. The zero-order valence-corrected chi connectivity index (χ0v) is 38.5. The van der Waals surface area contributed by atoms with Crippen molar-refractivity contribution in [3.8, 4) is 10.4 Å². The number of amides is 6. The van der Waals surface area contributed by atoms with E-state index in [0.717, 1.165) is 27.3 Å². The molecule has 1 aromatic heterocycles. The van der Waals surface area contributed by atoms with Crippen molar-refractivity contribution in [3.05, 3.63) is 69.8 Å². The molecular weight excluding hydrogens is 834 g/mol. The number of likely N-dealkylation sites (tertiary alicyclic amines) is 1. The summed E-state index contributed by atoms with van der Waals surface area (Å²) in [6.45, 7) is 14.4. The van der Waals surface area contributed by atoms with Crippen LogP contribution in [-0.4, -0.2) is 87.0 Å². The number of aromatic nitrogens is 1. The van der Waals surface area contributed by atoms with Crippen LogP contribution in [-0.2, 0) is 35.1 Å². The Morgan fingerprint density at radius 1 is 0.968 bits per heavy atom. The number of aryl methyl sites for hydroxylation is 2. The quantitative estimate of drug-likeness (QED) is 0.0783. The lowest BCUT2D eigenvalue weighted by atomic mass is 9.85. The molecule has 62 heavy (non-hydrogen) atoms. The summed E-state index contributed by atoms with van der Waals surface area (Å²) in [7, 11) is 0. The highest BCUT2D eigenvalue weighted by atomic mass is 35.5. The van der Waals surface area contributed by atoms with Crippen LogP contribution in [0.4, 0.5) is 10.5 Å². The van der Waals surface area contributed by atoms with Gasteiger partial charge in [-0.1, -0.05) is 75.2 Å². The maximum Gasteiger partial charge on any atom is 0.408 e. The number of nitrogens with zero attached hydrogens (tertiary/aromatic N) is 2. The van der Waals surface area contributed by atoms with Gasteiger partial charge in [0, 0.05) is 25.8 Å². The number of primary amides is 1. The van der Waals surface area contributed by atoms with Crippen molar-refractivity contribution in [3.63, 3.8) is 0 Å². The SMILES string of the molecule is Cc1ncsc1-c1ccc(C(C)NC(=O)[C@@H]2C[C@@H](O)CN2C(=O)C(NC(=O)CCCCCc2cccc(NC(=O)C(CCC(N)=O)NC(=O)OC(C)(C)C)c2Cl)C(C)(C)C)cc1. The van der Waals surface area contributed by atoms with Crippen LogP contribution in [0.15, 0.2) is 48.0 Å². The van der Waals surface area contributed by atoms with Gasteiger partial charge in [-0.05, 0) is 88.5 Å². The molecule has 1 aliphatic heterocycles. The van der Waals surface area contributed by atoms with Crippen molar-refractivity contribution < 1.29 is 38.6 Å². The molecule has 2 heterocycles. The van der Waals surface area contributed by atoms with Crippen LogP contribution in [0.2, 0.25) is 5.02 Å². The molecular formula is C45H62ClN7O8S. The Bertz CT molecular complexity index is 2060. The lowest BCUT2D eigenvalue weighted by Gasteiger charge is -2.35. The fourth-order valence-corrected chi connectivity index (χ4v) is 8.20. The molecule has 1 saturated heterocycles. The summed E-state index contributed by atoms with van der Waals surface area (Å²) in [5, 5.41) is 22.1. The minimum Gasteiger partial charge on any atom is -0.444 e. The number of anilines is 1. The standard InChI is InChI=1S/C45H62ClN7O8S/c1-26(28-17-19-30(20-18-28)38-27(2)48-25-62-38)49-41(58)34-23-31(54)24-53(34)42(59)39(44(3,4)5)52-36(56)16-11-9-10-13-29-14-12-15-32(37(29)46)50-40(57)33(21-22-35(47)55)51-43(60)61-45(6,7)8/h12,14-15,17-20,25-26,31,33-34,39,54H,9-11,13,16,21-24H2,1-8H3,(H2,47,55)(H,49,58)(H,50,57)(H,51,60)(H,52,56)/t26?,31-,33?,34+,39?/m1/s1. The van der Waals surface area contributed by atoms with Crippen LogP contribution in [0.1, 0.15) is 116 Å². The summed E-state index contributed by atoms with van der Waals surface area (Å²) in [4.78, 5) is 84.9. The monoisotopic (exact) mass is 895 g/mol. The summed E-state index contributed by atoms with van der Waals surface area (Å²) in [6, 6.07) is 9.78. The van der Waals surface area contributed by atoms with E-state index in [9.17, 15) is 33.9 Å². The molecule has 17 heteroatoms. The fourth-order valence-electron chi connectivity index (χ4n) is 7.12. The molecule has 0 saturated carbocycles. The highest BCUT2D eigenvalue weighted by molar-refractivity contribution is 7.13. The largest absolute Gasteiger partial charge is 0.444 e. The van der Waals surface area contributed by atoms with E-state index in [-0.39, 0.29) is 50.1 Å². The Hall–Kier alpha value is -5.06. The maximum atomic E-state index is 14.1. The van der Waals surface area contributed by atoms with Crippen LogP contribution in [0.5, 0.6) is 0 Å². The summed E-state index contributed by atoms with van der Waals surface area (Å²) in [5.41, 5.74) is 9.58. The predicted octanol–water partition coefficient (Wildman–Crippen LogP) is 6.34. The molecule has 5 atom stereocenters. The van der Waals surface area contributed by atoms with Crippen LogP contribution >= 0.6 is 22.9 Å². The van der Waals surface area contributed by atoms with Crippen molar-refractivity contribution >= 4 is 64.3 Å². The van der Waals surface area contributed by atoms with Crippen LogP contribution in [0.25, 0.3) is 10.4 Å². The second-order valence-corrected chi connectivity index (χ2v) is 19.1. The number of nitrogens with two attached hydrogens (primary N) is 1. The van der Waals surface area contributed by atoms with Crippen LogP contribution < -0.4 is 27.0 Å². The number of benzene rings is 2. The molecule has 338 valence electrons. The van der Waals surface area contributed by atoms with E-state index in [1.165, 1.54) is 4.90 Å². The third kappa shape index (κ3) is 14.5. The van der Waals surface area contributed by atoms with Gasteiger partial charge >= 0.3 is 6.09 Å². The number of hydrogen-bond donors (Lipinski definition) is 6. The van der Waals surface area contributed by atoms with Crippen molar-refractivity contribution in [2.75, 3.05) is 11.9 Å². The number of thiazole rings is 1. The topological polar surface area (TPSA) is 222 Å². The fraction of sp³-hybridized carbons (Fsp3) is 0.533. The minimum absolute atomic E-state index is 0.0249.